The van der Waals surface area contributed by atoms with Crippen molar-refractivity contribution in [1.82, 2.24) is 5.32 Å². The first-order chi connectivity index (χ1) is 9.13. The van der Waals surface area contributed by atoms with E-state index >= 15 is 0 Å². The molecule has 0 saturated carbocycles. The van der Waals surface area contributed by atoms with E-state index in [1.54, 1.807) is 0 Å². The maximum absolute atomic E-state index is 11.8. The molecule has 0 aliphatic rings. The normalized spacial score (nSPS) is 10.2. The van der Waals surface area contributed by atoms with Gasteiger partial charge in [0.15, 0.2) is 0 Å². The summed E-state index contributed by atoms with van der Waals surface area (Å²) in [6.45, 7) is 4.69. The Bertz CT molecular complexity index is 558. The van der Waals surface area contributed by atoms with Gasteiger partial charge in [0.1, 0.15) is 0 Å². The molecule has 0 spiro atoms. The summed E-state index contributed by atoms with van der Waals surface area (Å²) in [7, 11) is 0. The van der Waals surface area contributed by atoms with Gasteiger partial charge in [-0.3, -0.25) is 4.79 Å². The highest BCUT2D eigenvalue weighted by atomic mass is 16.1. The number of benzene rings is 2. The largest absolute Gasteiger partial charge is 0.352 e. The minimum Gasteiger partial charge on any atom is -0.352 e. The second-order valence-corrected chi connectivity index (χ2v) is 4.93. The van der Waals surface area contributed by atoms with Crippen LogP contribution >= 0.6 is 0 Å². The molecule has 0 heterocycles. The van der Waals surface area contributed by atoms with Crippen LogP contribution in [0.4, 0.5) is 0 Å². The zero-order chi connectivity index (χ0) is 13.7. The van der Waals surface area contributed by atoms with Crippen LogP contribution in [0, 0.1) is 13.8 Å². The average Bonchev–Trinajstić information content (AvgIpc) is 2.39. The number of aryl methyl sites for hydroxylation is 2. The molecule has 0 radical (unpaired) electrons. The van der Waals surface area contributed by atoms with E-state index in [1.165, 1.54) is 11.1 Å². The van der Waals surface area contributed by atoms with E-state index in [2.05, 4.69) is 24.4 Å². The molecule has 2 nitrogen and oxygen atoms in total. The number of rotatable bonds is 4. The smallest absolute Gasteiger partial charge is 0.224 e. The van der Waals surface area contributed by atoms with E-state index in [0.29, 0.717) is 13.0 Å². The van der Waals surface area contributed by atoms with Crippen LogP contribution in [0.5, 0.6) is 0 Å². The van der Waals surface area contributed by atoms with Crippen molar-refractivity contribution in [3.8, 4) is 0 Å². The van der Waals surface area contributed by atoms with Crippen molar-refractivity contribution >= 4 is 5.91 Å². The van der Waals surface area contributed by atoms with Gasteiger partial charge in [-0.05, 0) is 25.0 Å². The fourth-order valence-corrected chi connectivity index (χ4v) is 1.98. The molecule has 2 aromatic carbocycles. The van der Waals surface area contributed by atoms with E-state index in [1.807, 2.05) is 43.3 Å². The molecule has 2 aromatic rings. The lowest BCUT2D eigenvalue weighted by Gasteiger charge is -2.06. The number of hydrogen-bond donors (Lipinski definition) is 1. The van der Waals surface area contributed by atoms with Crippen LogP contribution in [0.15, 0.2) is 48.5 Å². The van der Waals surface area contributed by atoms with Gasteiger partial charge in [-0.1, -0.05) is 59.7 Å². The van der Waals surface area contributed by atoms with Crippen LogP contribution in [0.1, 0.15) is 22.3 Å². The van der Waals surface area contributed by atoms with Crippen molar-refractivity contribution in [3.63, 3.8) is 0 Å². The highest BCUT2D eigenvalue weighted by Gasteiger charge is 2.03. The number of hydrogen-bond acceptors (Lipinski definition) is 1. The monoisotopic (exact) mass is 253 g/mol. The Morgan fingerprint density at radius 1 is 0.947 bits per heavy atom. The Morgan fingerprint density at radius 3 is 2.37 bits per heavy atom. The number of amides is 1. The first kappa shape index (κ1) is 13.3. The molecule has 0 aliphatic carbocycles. The zero-order valence-electron chi connectivity index (χ0n) is 11.4. The molecule has 0 atom stereocenters. The molecule has 1 amide bonds. The molecule has 0 unspecified atom stereocenters. The maximum Gasteiger partial charge on any atom is 0.224 e. The highest BCUT2D eigenvalue weighted by Crippen LogP contribution is 2.05. The van der Waals surface area contributed by atoms with Crippen LogP contribution in [0.3, 0.4) is 0 Å². The zero-order valence-corrected chi connectivity index (χ0v) is 11.4. The van der Waals surface area contributed by atoms with E-state index in [0.717, 1.165) is 11.1 Å². The van der Waals surface area contributed by atoms with E-state index in [-0.39, 0.29) is 5.91 Å². The molecule has 19 heavy (non-hydrogen) atoms. The first-order valence-electron chi connectivity index (χ1n) is 6.51. The lowest BCUT2D eigenvalue weighted by Crippen LogP contribution is -2.24. The van der Waals surface area contributed by atoms with Crippen molar-refractivity contribution in [2.45, 2.75) is 26.8 Å². The summed E-state index contributed by atoms with van der Waals surface area (Å²) in [6.07, 6.45) is 0.437. The minimum atomic E-state index is 0.0605. The average molecular weight is 253 g/mol. The van der Waals surface area contributed by atoms with Gasteiger partial charge in [-0.25, -0.2) is 0 Å². The highest BCUT2D eigenvalue weighted by molar-refractivity contribution is 5.78. The molecule has 0 aliphatic heterocycles. The second-order valence-electron chi connectivity index (χ2n) is 4.93. The Balaban J connectivity index is 1.86. The summed E-state index contributed by atoms with van der Waals surface area (Å²) in [4.78, 5) is 11.8. The fraction of sp³-hybridized carbons (Fsp3) is 0.235. The van der Waals surface area contributed by atoms with Crippen LogP contribution < -0.4 is 5.32 Å². The third-order valence-corrected chi connectivity index (χ3v) is 3.06. The Labute approximate surface area is 114 Å². The van der Waals surface area contributed by atoms with Gasteiger partial charge in [0, 0.05) is 6.54 Å². The standard InChI is InChI=1S/C17H19NO/c1-13-6-8-15(9-7-13)11-17(19)18-12-16-5-3-4-14(2)10-16/h3-10H,11-12H2,1-2H3,(H,18,19). The summed E-state index contributed by atoms with van der Waals surface area (Å²) >= 11 is 0. The summed E-state index contributed by atoms with van der Waals surface area (Å²) in [5, 5.41) is 2.95. The SMILES string of the molecule is Cc1ccc(CC(=O)NCc2cccc(C)c2)cc1. The van der Waals surface area contributed by atoms with E-state index in [9.17, 15) is 4.79 Å². The number of carbonyl (C=O) groups is 1. The van der Waals surface area contributed by atoms with E-state index in [4.69, 9.17) is 0 Å². The predicted octanol–water partition coefficient (Wildman–Crippen LogP) is 3.16. The Kier molecular flexibility index (Phi) is 4.35. The molecular formula is C17H19NO. The summed E-state index contributed by atoms with van der Waals surface area (Å²) in [6, 6.07) is 16.2. The van der Waals surface area contributed by atoms with Crippen molar-refractivity contribution < 1.29 is 4.79 Å². The van der Waals surface area contributed by atoms with Gasteiger partial charge in [-0.2, -0.15) is 0 Å². The third-order valence-electron chi connectivity index (χ3n) is 3.06. The predicted molar refractivity (Wildman–Crippen MR) is 77.9 cm³/mol. The van der Waals surface area contributed by atoms with Crippen LogP contribution in [0.2, 0.25) is 0 Å². The van der Waals surface area contributed by atoms with Crippen molar-refractivity contribution in [2.24, 2.45) is 0 Å². The van der Waals surface area contributed by atoms with Crippen LogP contribution in [-0.2, 0) is 17.8 Å². The maximum atomic E-state index is 11.8. The fourth-order valence-electron chi connectivity index (χ4n) is 1.98. The lowest BCUT2D eigenvalue weighted by molar-refractivity contribution is -0.120. The van der Waals surface area contributed by atoms with Crippen molar-refractivity contribution in [2.75, 3.05) is 0 Å². The minimum absolute atomic E-state index is 0.0605. The van der Waals surface area contributed by atoms with Gasteiger partial charge in [-0.15, -0.1) is 0 Å². The van der Waals surface area contributed by atoms with Gasteiger partial charge in [0.2, 0.25) is 5.91 Å². The summed E-state index contributed by atoms with van der Waals surface area (Å²) in [5.74, 6) is 0.0605. The summed E-state index contributed by atoms with van der Waals surface area (Å²) < 4.78 is 0. The van der Waals surface area contributed by atoms with Crippen LogP contribution in [-0.4, -0.2) is 5.91 Å². The Hall–Kier alpha value is -2.09. The molecule has 98 valence electrons. The van der Waals surface area contributed by atoms with Crippen molar-refractivity contribution in [1.29, 1.82) is 0 Å². The quantitative estimate of drug-likeness (QED) is 0.891. The van der Waals surface area contributed by atoms with Gasteiger partial charge in [0.25, 0.3) is 0 Å². The van der Waals surface area contributed by atoms with Gasteiger partial charge in [0.05, 0.1) is 6.42 Å². The van der Waals surface area contributed by atoms with Crippen molar-refractivity contribution in [3.05, 3.63) is 70.8 Å². The second kappa shape index (κ2) is 6.19. The summed E-state index contributed by atoms with van der Waals surface area (Å²) in [5.41, 5.74) is 4.61. The molecule has 2 heteroatoms. The lowest BCUT2D eigenvalue weighted by atomic mass is 10.1. The number of carbonyl (C=O) groups excluding carboxylic acids is 1. The topological polar surface area (TPSA) is 29.1 Å². The molecule has 2 rings (SSSR count). The molecule has 0 fully saturated rings. The number of nitrogens with one attached hydrogen (secondary N) is 1. The van der Waals surface area contributed by atoms with Gasteiger partial charge >= 0.3 is 0 Å². The molecule has 1 N–H and O–H groups in total. The van der Waals surface area contributed by atoms with E-state index < -0.39 is 0 Å². The molecule has 0 saturated heterocycles. The molecule has 0 aromatic heterocycles. The molecular weight excluding hydrogens is 234 g/mol. The van der Waals surface area contributed by atoms with Gasteiger partial charge < -0.3 is 5.32 Å². The molecule has 0 bridgehead atoms. The van der Waals surface area contributed by atoms with Crippen LogP contribution in [0.25, 0.3) is 0 Å². The third kappa shape index (κ3) is 4.25. The Morgan fingerprint density at radius 2 is 1.68 bits per heavy atom. The first-order valence-corrected chi connectivity index (χ1v) is 6.51.